The summed E-state index contributed by atoms with van der Waals surface area (Å²) in [6.07, 6.45) is 1.96. The van der Waals surface area contributed by atoms with E-state index in [1.54, 1.807) is 58.0 Å². The number of nitrogens with one attached hydrogen (secondary N) is 2. The zero-order valence-electron chi connectivity index (χ0n) is 22.2. The summed E-state index contributed by atoms with van der Waals surface area (Å²) in [6.45, 7) is 6.56. The second-order valence-electron chi connectivity index (χ2n) is 9.17. The Morgan fingerprint density at radius 3 is 2.49 bits per heavy atom. The third-order valence-corrected chi connectivity index (χ3v) is 4.98. The quantitative estimate of drug-likeness (QED) is 0.207. The predicted molar refractivity (Wildman–Crippen MR) is 138 cm³/mol. The second-order valence-corrected chi connectivity index (χ2v) is 9.17. The Balaban J connectivity index is 1.68. The van der Waals surface area contributed by atoms with Gasteiger partial charge in [-0.15, -0.1) is 0 Å². The van der Waals surface area contributed by atoms with E-state index in [4.69, 9.17) is 14.3 Å². The monoisotopic (exact) mass is 541 g/mol. The highest BCUT2D eigenvalue weighted by Gasteiger charge is 2.22. The Bertz CT molecular complexity index is 1310. The Morgan fingerprint density at radius 2 is 1.79 bits per heavy atom. The lowest BCUT2D eigenvalue weighted by Gasteiger charge is -2.23. The number of esters is 1. The highest BCUT2D eigenvalue weighted by atomic mass is 16.7. The van der Waals surface area contributed by atoms with Crippen LogP contribution in [0.5, 0.6) is 0 Å². The summed E-state index contributed by atoms with van der Waals surface area (Å²) in [5.41, 5.74) is 2.70. The summed E-state index contributed by atoms with van der Waals surface area (Å²) in [4.78, 5) is 68.3. The molecule has 0 aliphatic carbocycles. The number of rotatable bonds is 11. The van der Waals surface area contributed by atoms with Gasteiger partial charge in [0.2, 0.25) is 5.91 Å². The molecule has 0 unspecified atom stereocenters. The van der Waals surface area contributed by atoms with Crippen LogP contribution in [0.15, 0.2) is 43.0 Å². The molecule has 0 saturated carbocycles. The van der Waals surface area contributed by atoms with Crippen LogP contribution in [0.1, 0.15) is 38.1 Å². The zero-order valence-corrected chi connectivity index (χ0v) is 22.2. The molecule has 1 aromatic carbocycles. The van der Waals surface area contributed by atoms with E-state index in [0.717, 1.165) is 0 Å². The van der Waals surface area contributed by atoms with Gasteiger partial charge in [-0.2, -0.15) is 5.48 Å². The number of alkyl carbamates (subject to hydrolysis) is 1. The lowest BCUT2D eigenvalue weighted by molar-refractivity contribution is -0.149. The van der Waals surface area contributed by atoms with Crippen molar-refractivity contribution in [3.05, 3.63) is 48.5 Å². The number of amides is 2. The summed E-state index contributed by atoms with van der Waals surface area (Å²) in [7, 11) is 0. The molecule has 0 aliphatic heterocycles. The number of imidazole rings is 1. The molecule has 39 heavy (non-hydrogen) atoms. The van der Waals surface area contributed by atoms with Gasteiger partial charge in [-0.25, -0.2) is 24.5 Å². The largest absolute Gasteiger partial charge is 0.465 e. The molecule has 14 heteroatoms. The topological polar surface area (TPSA) is 167 Å². The molecule has 14 nitrogen and oxygen atoms in total. The third-order valence-electron chi connectivity index (χ3n) is 4.98. The Hall–Kier alpha value is -4.75. The van der Waals surface area contributed by atoms with E-state index >= 15 is 0 Å². The molecular formula is C25H31N7O7. The molecule has 3 rings (SSSR count). The fourth-order valence-corrected chi connectivity index (χ4v) is 3.31. The SMILES string of the molecule is CCOC(=O)CN(CCNC(=O)OC(C)(C)C)C(=O)Cn1cnc2c(NOC(=O)c3ccccc3)ncnc21. The van der Waals surface area contributed by atoms with E-state index < -0.39 is 29.5 Å². The molecule has 0 atom stereocenters. The number of carbonyl (C=O) groups is 4. The normalized spacial score (nSPS) is 11.0. The van der Waals surface area contributed by atoms with Crippen molar-refractivity contribution >= 4 is 40.9 Å². The van der Waals surface area contributed by atoms with Crippen molar-refractivity contribution in [3.63, 3.8) is 0 Å². The van der Waals surface area contributed by atoms with Crippen molar-refractivity contribution in [2.45, 2.75) is 39.8 Å². The van der Waals surface area contributed by atoms with Gasteiger partial charge in [-0.3, -0.25) is 9.59 Å². The molecule has 0 aliphatic rings. The van der Waals surface area contributed by atoms with Crippen LogP contribution in [-0.4, -0.2) is 80.2 Å². The van der Waals surface area contributed by atoms with Crippen LogP contribution in [0.2, 0.25) is 0 Å². The van der Waals surface area contributed by atoms with Gasteiger partial charge in [0.15, 0.2) is 17.0 Å². The van der Waals surface area contributed by atoms with Gasteiger partial charge in [-0.1, -0.05) is 18.2 Å². The Morgan fingerprint density at radius 1 is 1.05 bits per heavy atom. The first-order chi connectivity index (χ1) is 18.6. The van der Waals surface area contributed by atoms with Gasteiger partial charge in [0, 0.05) is 13.1 Å². The maximum atomic E-state index is 13.2. The van der Waals surface area contributed by atoms with E-state index in [1.165, 1.54) is 22.1 Å². The Kier molecular flexibility index (Phi) is 9.73. The fraction of sp³-hybridized carbons (Fsp3) is 0.400. The van der Waals surface area contributed by atoms with E-state index in [9.17, 15) is 19.2 Å². The van der Waals surface area contributed by atoms with E-state index in [2.05, 4.69) is 25.7 Å². The summed E-state index contributed by atoms with van der Waals surface area (Å²) in [6, 6.07) is 8.39. The minimum Gasteiger partial charge on any atom is -0.465 e. The minimum absolute atomic E-state index is 0.0285. The first-order valence-electron chi connectivity index (χ1n) is 12.2. The average Bonchev–Trinajstić information content (AvgIpc) is 3.29. The predicted octanol–water partition coefficient (Wildman–Crippen LogP) is 1.93. The number of benzene rings is 1. The van der Waals surface area contributed by atoms with Crippen molar-refractivity contribution in [2.75, 3.05) is 31.7 Å². The number of nitrogens with zero attached hydrogens (tertiary/aromatic N) is 5. The van der Waals surface area contributed by atoms with Crippen molar-refractivity contribution in [2.24, 2.45) is 0 Å². The summed E-state index contributed by atoms with van der Waals surface area (Å²) >= 11 is 0. The van der Waals surface area contributed by atoms with Gasteiger partial charge in [0.1, 0.15) is 25.0 Å². The molecule has 2 amide bonds. The minimum atomic E-state index is -0.678. The van der Waals surface area contributed by atoms with E-state index in [0.29, 0.717) is 11.2 Å². The van der Waals surface area contributed by atoms with Crippen LogP contribution >= 0.6 is 0 Å². The lowest BCUT2D eigenvalue weighted by Crippen LogP contribution is -2.43. The van der Waals surface area contributed by atoms with E-state index in [-0.39, 0.29) is 44.1 Å². The highest BCUT2D eigenvalue weighted by Crippen LogP contribution is 2.18. The molecular weight excluding hydrogens is 510 g/mol. The first kappa shape index (κ1) is 28.8. The van der Waals surface area contributed by atoms with Crippen molar-refractivity contribution in [1.82, 2.24) is 29.7 Å². The molecule has 0 saturated heterocycles. The number of hydrogen-bond acceptors (Lipinski definition) is 11. The second kappa shape index (κ2) is 13.2. The van der Waals surface area contributed by atoms with Crippen LogP contribution in [0.4, 0.5) is 10.6 Å². The van der Waals surface area contributed by atoms with Gasteiger partial charge in [0.25, 0.3) is 0 Å². The maximum Gasteiger partial charge on any atom is 0.407 e. The molecule has 2 aromatic heterocycles. The number of carbonyl (C=O) groups excluding carboxylic acids is 4. The molecule has 2 heterocycles. The van der Waals surface area contributed by atoms with Crippen LogP contribution in [-0.2, 0) is 30.4 Å². The number of anilines is 1. The lowest BCUT2D eigenvalue weighted by atomic mass is 10.2. The first-order valence-corrected chi connectivity index (χ1v) is 12.2. The van der Waals surface area contributed by atoms with Crippen LogP contribution in [0.3, 0.4) is 0 Å². The average molecular weight is 542 g/mol. The van der Waals surface area contributed by atoms with E-state index in [1.807, 2.05) is 0 Å². The molecule has 3 aromatic rings. The van der Waals surface area contributed by atoms with Gasteiger partial charge in [0.05, 0.1) is 18.5 Å². The smallest absolute Gasteiger partial charge is 0.407 e. The van der Waals surface area contributed by atoms with Crippen LogP contribution < -0.4 is 10.8 Å². The Labute approximate surface area is 224 Å². The standard InChI is InChI=1S/C25H31N7O7/c1-5-37-19(34)14-31(12-11-26-24(36)38-25(2,3)4)18(33)13-32-16-29-20-21(27-15-28-22(20)32)30-39-23(35)17-9-7-6-8-10-17/h6-10,15-16H,5,11-14H2,1-4H3,(H,26,36)(H,27,28,30). The van der Waals surface area contributed by atoms with Gasteiger partial charge in [-0.05, 0) is 39.8 Å². The fourth-order valence-electron chi connectivity index (χ4n) is 3.31. The van der Waals surface area contributed by atoms with Crippen molar-refractivity contribution < 1.29 is 33.5 Å². The summed E-state index contributed by atoms with van der Waals surface area (Å²) < 4.78 is 11.6. The summed E-state index contributed by atoms with van der Waals surface area (Å²) in [5, 5.41) is 2.56. The zero-order chi connectivity index (χ0) is 28.4. The number of ether oxygens (including phenoxy) is 2. The molecule has 0 spiro atoms. The van der Waals surface area contributed by atoms with Crippen molar-refractivity contribution in [3.8, 4) is 0 Å². The summed E-state index contributed by atoms with van der Waals surface area (Å²) in [5.74, 6) is -1.53. The van der Waals surface area contributed by atoms with Crippen molar-refractivity contribution in [1.29, 1.82) is 0 Å². The number of hydrogen-bond donors (Lipinski definition) is 2. The molecule has 2 N–H and O–H groups in total. The maximum absolute atomic E-state index is 13.2. The highest BCUT2D eigenvalue weighted by molar-refractivity contribution is 5.91. The van der Waals surface area contributed by atoms with Crippen LogP contribution in [0.25, 0.3) is 11.2 Å². The number of fused-ring (bicyclic) bond motifs is 1. The molecule has 208 valence electrons. The molecule has 0 radical (unpaired) electrons. The molecule has 0 bridgehead atoms. The van der Waals surface area contributed by atoms with Gasteiger partial charge >= 0.3 is 18.0 Å². The number of aromatic nitrogens is 4. The van der Waals surface area contributed by atoms with Crippen LogP contribution in [0, 0.1) is 0 Å². The third kappa shape index (κ3) is 8.66. The van der Waals surface area contributed by atoms with Gasteiger partial charge < -0.3 is 29.1 Å². The molecule has 0 fully saturated rings.